The molecule has 13 heteroatoms. The molecule has 2 unspecified atom stereocenters. The van der Waals surface area contributed by atoms with Crippen LogP contribution in [0.25, 0.3) is 0 Å². The Labute approximate surface area is 243 Å². The zero-order valence-corrected chi connectivity index (χ0v) is 23.1. The highest BCUT2D eigenvalue weighted by Gasteiger charge is 2.64. The summed E-state index contributed by atoms with van der Waals surface area (Å²) in [5.74, 6) is -1.64. The van der Waals surface area contributed by atoms with Gasteiger partial charge in [-0.05, 0) is 81.2 Å². The molecule has 1 fully saturated rings. The first kappa shape index (κ1) is 29.3. The number of fused-ring (bicyclic) bond motifs is 1. The lowest BCUT2D eigenvalue weighted by Gasteiger charge is -2.39. The second-order valence-electron chi connectivity index (χ2n) is 11.3. The van der Waals surface area contributed by atoms with Gasteiger partial charge in [0.15, 0.2) is 17.1 Å². The van der Waals surface area contributed by atoms with Crippen molar-refractivity contribution in [1.82, 2.24) is 0 Å². The number of hydrogen-bond acceptors (Lipinski definition) is 7. The third-order valence-corrected chi connectivity index (χ3v) is 8.56. The number of para-hydroxylation sites is 1. The number of aliphatic carboxylic acids is 1. The van der Waals surface area contributed by atoms with Crippen LogP contribution in [0, 0.1) is 0 Å². The Balaban J connectivity index is 1.35. The Morgan fingerprint density at radius 1 is 1.05 bits per heavy atom. The van der Waals surface area contributed by atoms with Gasteiger partial charge in [0.05, 0.1) is 5.70 Å². The summed E-state index contributed by atoms with van der Waals surface area (Å²) in [6, 6.07) is 9.63. The average molecular weight is 609 g/mol. The standard InChI is InChI=1S/C30H29F5N2O6/c1-17(18-12-13-22-24(16-18)43-30(34,35)42-22)40-21-10-4-3-8-19(21)28(29(31,32)33)20-9-7-11-23(25(20)36-37-28)41-27(26(38)39)14-5-2-6-15-27/h3-4,8,10,12-13,16-17,23H,2,5-7,9,11,14-15H2,1H3,(H,38,39)/t17-,23?,28?/m1/s1. The van der Waals surface area contributed by atoms with Gasteiger partial charge in [0.2, 0.25) is 5.54 Å². The molecular weight excluding hydrogens is 579 g/mol. The van der Waals surface area contributed by atoms with E-state index >= 15 is 13.2 Å². The van der Waals surface area contributed by atoms with E-state index in [0.717, 1.165) is 6.42 Å². The largest absolute Gasteiger partial charge is 0.586 e. The van der Waals surface area contributed by atoms with Crippen LogP contribution in [0.15, 0.2) is 64.0 Å². The van der Waals surface area contributed by atoms with E-state index in [0.29, 0.717) is 31.2 Å². The Kier molecular flexibility index (Phi) is 7.14. The van der Waals surface area contributed by atoms with Crippen LogP contribution in [0.2, 0.25) is 0 Å². The van der Waals surface area contributed by atoms with E-state index in [2.05, 4.69) is 19.7 Å². The molecule has 230 valence electrons. The molecule has 2 aliphatic heterocycles. The van der Waals surface area contributed by atoms with E-state index < -0.39 is 41.8 Å². The average Bonchev–Trinajstić information content (AvgIpc) is 3.51. The maximum Gasteiger partial charge on any atom is 0.586 e. The molecule has 2 aliphatic carbocycles. The molecule has 0 bridgehead atoms. The maximum atomic E-state index is 15.2. The number of carboxylic acid groups (broad SMARTS) is 1. The summed E-state index contributed by atoms with van der Waals surface area (Å²) in [7, 11) is 0. The number of carboxylic acids is 1. The van der Waals surface area contributed by atoms with Crippen molar-refractivity contribution in [2.24, 2.45) is 10.2 Å². The predicted octanol–water partition coefficient (Wildman–Crippen LogP) is 7.98. The summed E-state index contributed by atoms with van der Waals surface area (Å²) >= 11 is 0. The van der Waals surface area contributed by atoms with Gasteiger partial charge in [0.1, 0.15) is 18.0 Å². The third-order valence-electron chi connectivity index (χ3n) is 8.56. The lowest BCUT2D eigenvalue weighted by atomic mass is 9.76. The number of rotatable bonds is 7. The lowest BCUT2D eigenvalue weighted by Crippen LogP contribution is -2.47. The van der Waals surface area contributed by atoms with Gasteiger partial charge >= 0.3 is 18.4 Å². The molecule has 4 aliphatic rings. The first-order valence-electron chi connectivity index (χ1n) is 14.2. The highest BCUT2D eigenvalue weighted by Crippen LogP contribution is 2.58. The molecule has 2 aromatic rings. The minimum atomic E-state index is -4.93. The summed E-state index contributed by atoms with van der Waals surface area (Å²) in [5, 5.41) is 17.9. The Morgan fingerprint density at radius 3 is 2.49 bits per heavy atom. The van der Waals surface area contributed by atoms with Crippen LogP contribution in [0.3, 0.4) is 0 Å². The Hall–Kier alpha value is -3.74. The van der Waals surface area contributed by atoms with Crippen molar-refractivity contribution in [3.8, 4) is 17.2 Å². The third kappa shape index (κ3) is 5.00. The molecule has 0 amide bonds. The van der Waals surface area contributed by atoms with Crippen molar-refractivity contribution < 1.29 is 50.8 Å². The van der Waals surface area contributed by atoms with Gasteiger partial charge in [0, 0.05) is 5.56 Å². The van der Waals surface area contributed by atoms with Gasteiger partial charge < -0.3 is 24.1 Å². The van der Waals surface area contributed by atoms with Crippen LogP contribution in [0.5, 0.6) is 17.2 Å². The van der Waals surface area contributed by atoms with E-state index in [1.165, 1.54) is 42.5 Å². The molecule has 3 atom stereocenters. The highest BCUT2D eigenvalue weighted by molar-refractivity contribution is 5.77. The first-order chi connectivity index (χ1) is 20.4. The monoisotopic (exact) mass is 608 g/mol. The fourth-order valence-corrected chi connectivity index (χ4v) is 6.44. The molecule has 2 aromatic carbocycles. The first-order valence-corrected chi connectivity index (χ1v) is 14.2. The molecule has 43 heavy (non-hydrogen) atoms. The molecule has 1 N–H and O–H groups in total. The van der Waals surface area contributed by atoms with E-state index in [4.69, 9.17) is 9.47 Å². The maximum absolute atomic E-state index is 15.2. The Morgan fingerprint density at radius 2 is 1.77 bits per heavy atom. The quantitative estimate of drug-likeness (QED) is 0.320. The second-order valence-corrected chi connectivity index (χ2v) is 11.3. The number of ether oxygens (including phenoxy) is 4. The van der Waals surface area contributed by atoms with Gasteiger partial charge in [-0.2, -0.15) is 23.4 Å². The van der Waals surface area contributed by atoms with Crippen molar-refractivity contribution in [3.05, 3.63) is 64.9 Å². The highest BCUT2D eigenvalue weighted by atomic mass is 19.4. The fourth-order valence-electron chi connectivity index (χ4n) is 6.44. The van der Waals surface area contributed by atoms with Crippen molar-refractivity contribution in [2.45, 2.75) is 94.1 Å². The van der Waals surface area contributed by atoms with Crippen molar-refractivity contribution in [2.75, 3.05) is 0 Å². The summed E-state index contributed by atoms with van der Waals surface area (Å²) in [4.78, 5) is 12.3. The number of halogens is 5. The van der Waals surface area contributed by atoms with Crippen LogP contribution in [0.4, 0.5) is 22.0 Å². The molecular formula is C30H29F5N2O6. The zero-order chi connectivity index (χ0) is 30.6. The van der Waals surface area contributed by atoms with E-state index in [9.17, 15) is 18.7 Å². The molecule has 2 heterocycles. The normalized spacial score (nSPS) is 26.2. The number of alkyl halides is 5. The molecule has 1 saturated carbocycles. The molecule has 0 saturated heterocycles. The van der Waals surface area contributed by atoms with Gasteiger partial charge in [-0.25, -0.2) is 4.79 Å². The smallest absolute Gasteiger partial charge is 0.486 e. The SMILES string of the molecule is C[C@@H](Oc1ccccc1C1(C(F)(F)F)N=NC2=C1CCCC2OC1(C(=O)O)CCCCC1)c1ccc2c(c1)OC(F)(F)O2. The van der Waals surface area contributed by atoms with Crippen molar-refractivity contribution in [1.29, 1.82) is 0 Å². The van der Waals surface area contributed by atoms with E-state index in [-0.39, 0.29) is 53.3 Å². The zero-order valence-electron chi connectivity index (χ0n) is 23.1. The summed E-state index contributed by atoms with van der Waals surface area (Å²) in [6.07, 6.45) is -7.22. The minimum absolute atomic E-state index is 0.00863. The fraction of sp³-hybridized carbons (Fsp3) is 0.500. The molecule has 8 nitrogen and oxygen atoms in total. The number of hydrogen-bond donors (Lipinski definition) is 1. The van der Waals surface area contributed by atoms with Crippen LogP contribution < -0.4 is 14.2 Å². The van der Waals surface area contributed by atoms with Gasteiger partial charge in [0.25, 0.3) is 0 Å². The molecule has 0 radical (unpaired) electrons. The minimum Gasteiger partial charge on any atom is -0.486 e. The van der Waals surface area contributed by atoms with E-state index in [1.54, 1.807) is 6.92 Å². The van der Waals surface area contributed by atoms with E-state index in [1.807, 2.05) is 0 Å². The van der Waals surface area contributed by atoms with Crippen LogP contribution >= 0.6 is 0 Å². The van der Waals surface area contributed by atoms with Crippen LogP contribution in [0.1, 0.15) is 75.5 Å². The van der Waals surface area contributed by atoms with Gasteiger partial charge in [-0.3, -0.25) is 0 Å². The summed E-state index contributed by atoms with van der Waals surface area (Å²) < 4.78 is 93.9. The van der Waals surface area contributed by atoms with Crippen molar-refractivity contribution >= 4 is 5.97 Å². The predicted molar refractivity (Wildman–Crippen MR) is 140 cm³/mol. The number of carbonyl (C=O) groups is 1. The van der Waals surface area contributed by atoms with Crippen LogP contribution in [-0.4, -0.2) is 35.3 Å². The molecule has 6 rings (SSSR count). The Bertz CT molecular complexity index is 1490. The molecule has 0 spiro atoms. The topological polar surface area (TPSA) is 98.9 Å². The lowest BCUT2D eigenvalue weighted by molar-refractivity contribution is -0.286. The van der Waals surface area contributed by atoms with Gasteiger partial charge in [-0.1, -0.05) is 30.7 Å². The number of benzene rings is 2. The summed E-state index contributed by atoms with van der Waals surface area (Å²) in [5.41, 5.74) is -4.37. The summed E-state index contributed by atoms with van der Waals surface area (Å²) in [6.45, 7) is 1.56. The van der Waals surface area contributed by atoms with Crippen LogP contribution in [-0.2, 0) is 15.1 Å². The number of azo groups is 1. The van der Waals surface area contributed by atoms with Crippen molar-refractivity contribution in [3.63, 3.8) is 0 Å². The molecule has 0 aromatic heterocycles. The second kappa shape index (κ2) is 10.5. The van der Waals surface area contributed by atoms with Gasteiger partial charge in [-0.15, -0.1) is 8.78 Å². The number of nitrogens with zero attached hydrogens (tertiary/aromatic N) is 2.